The average Bonchev–Trinajstić information content (AvgIpc) is 2.97. The fourth-order valence-electron chi connectivity index (χ4n) is 3.59. The predicted octanol–water partition coefficient (Wildman–Crippen LogP) is 1.48. The number of carbonyl (C=O) groups excluding carboxylic acids is 1. The van der Waals surface area contributed by atoms with E-state index in [1.807, 2.05) is 0 Å². The maximum atomic E-state index is 13.7. The van der Waals surface area contributed by atoms with Crippen LogP contribution in [-0.4, -0.2) is 28.9 Å². The fraction of sp³-hybridized carbons (Fsp3) is 0.714. The zero-order valence-corrected chi connectivity index (χ0v) is 10.8. The van der Waals surface area contributed by atoms with Gasteiger partial charge in [0.1, 0.15) is 11.9 Å². The molecule has 0 radical (unpaired) electrons. The third kappa shape index (κ3) is 1.63. The highest BCUT2D eigenvalue weighted by Crippen LogP contribution is 2.52. The van der Waals surface area contributed by atoms with Gasteiger partial charge in [-0.05, 0) is 31.6 Å². The topological polar surface area (TPSA) is 70.1 Å². The summed E-state index contributed by atoms with van der Waals surface area (Å²) in [6, 6.07) is 1.04. The van der Waals surface area contributed by atoms with Crippen molar-refractivity contribution in [3.8, 4) is 6.07 Å². The zero-order valence-electron chi connectivity index (χ0n) is 10.8. The Labute approximate surface area is 112 Å². The van der Waals surface area contributed by atoms with Gasteiger partial charge in [0.25, 0.3) is 0 Å². The van der Waals surface area contributed by atoms with Crippen molar-refractivity contribution >= 4 is 5.91 Å². The molecule has 5 heteroatoms. The minimum Gasteiger partial charge on any atom is -0.322 e. The van der Waals surface area contributed by atoms with Crippen LogP contribution in [0.15, 0.2) is 12.4 Å². The van der Waals surface area contributed by atoms with Crippen LogP contribution in [0.5, 0.6) is 0 Å². The Bertz CT molecular complexity index is 480. The summed E-state index contributed by atoms with van der Waals surface area (Å²) in [7, 11) is 0. The number of nitrogens with two attached hydrogens (primary N) is 1. The van der Waals surface area contributed by atoms with Gasteiger partial charge in [-0.3, -0.25) is 4.79 Å². The SMILES string of the molecule is C=C(F)C1([C@H](N)C(=O)N2C(C#N)CC3CC32)CCC1. The molecule has 1 heterocycles. The summed E-state index contributed by atoms with van der Waals surface area (Å²) in [6.45, 7) is 3.37. The number of carbonyl (C=O) groups is 1. The van der Waals surface area contributed by atoms with Gasteiger partial charge in [-0.2, -0.15) is 5.26 Å². The van der Waals surface area contributed by atoms with Gasteiger partial charge in [-0.25, -0.2) is 4.39 Å². The summed E-state index contributed by atoms with van der Waals surface area (Å²) in [5.41, 5.74) is 5.15. The maximum Gasteiger partial charge on any atom is 0.241 e. The van der Waals surface area contributed by atoms with E-state index in [-0.39, 0.29) is 18.0 Å². The zero-order chi connectivity index (χ0) is 13.8. The van der Waals surface area contributed by atoms with Gasteiger partial charge in [-0.15, -0.1) is 0 Å². The lowest BCUT2D eigenvalue weighted by molar-refractivity contribution is -0.138. The summed E-state index contributed by atoms with van der Waals surface area (Å²) in [5.74, 6) is -0.304. The van der Waals surface area contributed by atoms with E-state index in [0.29, 0.717) is 18.8 Å². The van der Waals surface area contributed by atoms with Crippen LogP contribution in [0.4, 0.5) is 4.39 Å². The largest absolute Gasteiger partial charge is 0.322 e. The summed E-state index contributed by atoms with van der Waals surface area (Å²) >= 11 is 0. The first-order valence-electron chi connectivity index (χ1n) is 6.83. The monoisotopic (exact) mass is 263 g/mol. The number of halogens is 1. The van der Waals surface area contributed by atoms with Gasteiger partial charge in [0, 0.05) is 11.5 Å². The standard InChI is InChI=1S/C14H18FN3O/c1-8(15)14(3-2-4-14)12(17)13(19)18-10(7-16)5-9-6-11(9)18/h9-12H,1-6,17H2/t9?,10?,11?,12-/m1/s1. The predicted molar refractivity (Wildman–Crippen MR) is 67.3 cm³/mol. The molecule has 0 aromatic heterocycles. The van der Waals surface area contributed by atoms with Crippen LogP contribution in [0.2, 0.25) is 0 Å². The molecule has 1 amide bonds. The van der Waals surface area contributed by atoms with E-state index in [9.17, 15) is 9.18 Å². The lowest BCUT2D eigenvalue weighted by atomic mass is 9.63. The van der Waals surface area contributed by atoms with Crippen LogP contribution in [0, 0.1) is 22.7 Å². The van der Waals surface area contributed by atoms with Crippen molar-refractivity contribution in [2.24, 2.45) is 17.1 Å². The molecule has 2 N–H and O–H groups in total. The van der Waals surface area contributed by atoms with Crippen LogP contribution in [0.1, 0.15) is 32.1 Å². The molecule has 0 aromatic carbocycles. The Morgan fingerprint density at radius 2 is 2.21 bits per heavy atom. The van der Waals surface area contributed by atoms with Crippen molar-refractivity contribution < 1.29 is 9.18 Å². The quantitative estimate of drug-likeness (QED) is 0.838. The maximum absolute atomic E-state index is 13.7. The average molecular weight is 263 g/mol. The number of fused-ring (bicyclic) bond motifs is 1. The van der Waals surface area contributed by atoms with Crippen LogP contribution in [0.25, 0.3) is 0 Å². The summed E-state index contributed by atoms with van der Waals surface area (Å²) < 4.78 is 13.7. The van der Waals surface area contributed by atoms with Gasteiger partial charge < -0.3 is 10.6 Å². The van der Waals surface area contributed by atoms with Crippen LogP contribution in [-0.2, 0) is 4.79 Å². The van der Waals surface area contributed by atoms with Gasteiger partial charge in [0.2, 0.25) is 5.91 Å². The first-order chi connectivity index (χ1) is 9.01. The second-order valence-corrected chi connectivity index (χ2v) is 6.08. The van der Waals surface area contributed by atoms with E-state index >= 15 is 0 Å². The van der Waals surface area contributed by atoms with Crippen LogP contribution in [0.3, 0.4) is 0 Å². The molecular formula is C14H18FN3O. The number of amides is 1. The van der Waals surface area contributed by atoms with Crippen molar-refractivity contribution in [1.29, 1.82) is 5.26 Å². The minimum absolute atomic E-state index is 0.160. The molecule has 0 aromatic rings. The van der Waals surface area contributed by atoms with E-state index in [1.165, 1.54) is 0 Å². The number of nitrogens with zero attached hydrogens (tertiary/aromatic N) is 2. The lowest BCUT2D eigenvalue weighted by Gasteiger charge is -2.45. The lowest BCUT2D eigenvalue weighted by Crippen LogP contribution is -2.57. The Kier molecular flexibility index (Phi) is 2.68. The van der Waals surface area contributed by atoms with E-state index in [0.717, 1.165) is 19.3 Å². The summed E-state index contributed by atoms with van der Waals surface area (Å²) in [4.78, 5) is 14.1. The first kappa shape index (κ1) is 12.6. The van der Waals surface area contributed by atoms with Gasteiger partial charge in [0.15, 0.2) is 0 Å². The van der Waals surface area contributed by atoms with Crippen LogP contribution >= 0.6 is 0 Å². The molecule has 0 spiro atoms. The normalized spacial score (nSPS) is 35.8. The van der Waals surface area contributed by atoms with Crippen molar-refractivity contribution in [2.45, 2.75) is 50.2 Å². The molecule has 3 fully saturated rings. The van der Waals surface area contributed by atoms with Crippen molar-refractivity contribution in [2.75, 3.05) is 0 Å². The van der Waals surface area contributed by atoms with E-state index in [4.69, 9.17) is 11.0 Å². The first-order valence-corrected chi connectivity index (χ1v) is 6.83. The number of hydrogen-bond donors (Lipinski definition) is 1. The highest BCUT2D eigenvalue weighted by atomic mass is 19.1. The van der Waals surface area contributed by atoms with Gasteiger partial charge >= 0.3 is 0 Å². The molecule has 1 saturated heterocycles. The molecule has 3 aliphatic rings. The Morgan fingerprint density at radius 1 is 1.53 bits per heavy atom. The van der Waals surface area contributed by atoms with E-state index in [1.54, 1.807) is 4.90 Å². The minimum atomic E-state index is -0.894. The molecule has 0 bridgehead atoms. The number of nitriles is 1. The van der Waals surface area contributed by atoms with Crippen molar-refractivity contribution in [1.82, 2.24) is 4.90 Å². The summed E-state index contributed by atoms with van der Waals surface area (Å²) in [5, 5.41) is 9.11. The fourth-order valence-corrected chi connectivity index (χ4v) is 3.59. The third-order valence-corrected chi connectivity index (χ3v) is 5.16. The molecule has 4 atom stereocenters. The molecule has 19 heavy (non-hydrogen) atoms. The Hall–Kier alpha value is -1.41. The molecule has 1 aliphatic heterocycles. The smallest absolute Gasteiger partial charge is 0.241 e. The molecule has 2 aliphatic carbocycles. The number of likely N-dealkylation sites (tertiary alicyclic amines) is 1. The number of hydrogen-bond acceptors (Lipinski definition) is 3. The molecule has 4 nitrogen and oxygen atoms in total. The molecule has 3 unspecified atom stereocenters. The van der Waals surface area contributed by atoms with Gasteiger partial charge in [-0.1, -0.05) is 13.0 Å². The van der Waals surface area contributed by atoms with E-state index < -0.39 is 17.3 Å². The molecule has 2 saturated carbocycles. The number of piperidine rings is 1. The third-order valence-electron chi connectivity index (χ3n) is 5.16. The van der Waals surface area contributed by atoms with Crippen LogP contribution < -0.4 is 5.73 Å². The second kappa shape index (κ2) is 4.04. The highest BCUT2D eigenvalue weighted by molar-refractivity contribution is 5.85. The Morgan fingerprint density at radius 3 is 2.68 bits per heavy atom. The van der Waals surface area contributed by atoms with Crippen molar-refractivity contribution in [3.63, 3.8) is 0 Å². The Balaban J connectivity index is 1.80. The molecule has 3 rings (SSSR count). The van der Waals surface area contributed by atoms with Gasteiger partial charge in [0.05, 0.1) is 12.1 Å². The summed E-state index contributed by atoms with van der Waals surface area (Å²) in [6.07, 6.45) is 3.73. The highest BCUT2D eigenvalue weighted by Gasteiger charge is 2.58. The number of rotatable bonds is 3. The van der Waals surface area contributed by atoms with Crippen molar-refractivity contribution in [3.05, 3.63) is 12.4 Å². The second-order valence-electron chi connectivity index (χ2n) is 6.08. The molecular weight excluding hydrogens is 245 g/mol. The van der Waals surface area contributed by atoms with E-state index in [2.05, 4.69) is 12.6 Å². The molecule has 102 valence electrons.